The summed E-state index contributed by atoms with van der Waals surface area (Å²) in [5.74, 6) is -2.87. The van der Waals surface area contributed by atoms with Gasteiger partial charge in [0.25, 0.3) is 5.92 Å². The van der Waals surface area contributed by atoms with Crippen molar-refractivity contribution in [2.75, 3.05) is 13.1 Å². The molecule has 1 aliphatic carbocycles. The van der Waals surface area contributed by atoms with Crippen LogP contribution in [0.2, 0.25) is 0 Å². The zero-order chi connectivity index (χ0) is 14.2. The van der Waals surface area contributed by atoms with Crippen molar-refractivity contribution in [3.63, 3.8) is 0 Å². The summed E-state index contributed by atoms with van der Waals surface area (Å²) in [6, 6.07) is 9.63. The van der Waals surface area contributed by atoms with Gasteiger partial charge in [-0.05, 0) is 18.4 Å². The minimum atomic E-state index is -2.53. The van der Waals surface area contributed by atoms with Crippen molar-refractivity contribution in [2.45, 2.75) is 31.4 Å². The molecule has 1 heterocycles. The van der Waals surface area contributed by atoms with E-state index in [2.05, 4.69) is 0 Å². The van der Waals surface area contributed by atoms with E-state index in [9.17, 15) is 13.6 Å². The molecule has 0 N–H and O–H groups in total. The van der Waals surface area contributed by atoms with E-state index in [1.54, 1.807) is 4.90 Å². The van der Waals surface area contributed by atoms with Gasteiger partial charge in [0, 0.05) is 6.04 Å². The molecule has 108 valence electrons. The van der Waals surface area contributed by atoms with Gasteiger partial charge in [0.05, 0.1) is 19.0 Å². The smallest absolute Gasteiger partial charge is 0.309 e. The molecule has 1 aromatic rings. The van der Waals surface area contributed by atoms with Gasteiger partial charge < -0.3 is 4.74 Å². The van der Waals surface area contributed by atoms with Gasteiger partial charge in [-0.15, -0.1) is 0 Å². The molecule has 3 rings (SSSR count). The summed E-state index contributed by atoms with van der Waals surface area (Å²) in [7, 11) is 0. The third kappa shape index (κ3) is 2.82. The van der Waals surface area contributed by atoms with Crippen molar-refractivity contribution in [1.82, 2.24) is 4.90 Å². The fraction of sp³-hybridized carbons (Fsp3) is 0.533. The first-order chi connectivity index (χ1) is 9.53. The molecule has 3 nitrogen and oxygen atoms in total. The van der Waals surface area contributed by atoms with Crippen LogP contribution < -0.4 is 0 Å². The van der Waals surface area contributed by atoms with Gasteiger partial charge in [0.15, 0.2) is 0 Å². The fourth-order valence-corrected chi connectivity index (χ4v) is 2.73. The van der Waals surface area contributed by atoms with Gasteiger partial charge in [-0.2, -0.15) is 0 Å². The number of carbonyl (C=O) groups excluding carboxylic acids is 1. The van der Waals surface area contributed by atoms with Crippen molar-refractivity contribution in [1.29, 1.82) is 0 Å². The van der Waals surface area contributed by atoms with E-state index in [0.29, 0.717) is 12.8 Å². The van der Waals surface area contributed by atoms with E-state index in [0.717, 1.165) is 5.56 Å². The van der Waals surface area contributed by atoms with Gasteiger partial charge in [0.2, 0.25) is 0 Å². The lowest BCUT2D eigenvalue weighted by Crippen LogP contribution is -2.63. The molecule has 1 aromatic carbocycles. The number of hydrogen-bond donors (Lipinski definition) is 0. The number of alkyl halides is 2. The van der Waals surface area contributed by atoms with Crippen LogP contribution in [0.1, 0.15) is 18.4 Å². The molecule has 2 aliphatic rings. The summed E-state index contributed by atoms with van der Waals surface area (Å²) < 4.78 is 30.7. The lowest BCUT2D eigenvalue weighted by Gasteiger charge is -2.49. The van der Waals surface area contributed by atoms with Crippen LogP contribution in [0.25, 0.3) is 0 Å². The highest BCUT2D eigenvalue weighted by atomic mass is 19.3. The van der Waals surface area contributed by atoms with Crippen molar-refractivity contribution in [3.8, 4) is 0 Å². The Morgan fingerprint density at radius 1 is 1.25 bits per heavy atom. The standard InChI is InChI=1S/C15H17F2NO2/c16-15(17)9-18(10-15)13-6-12(7-13)14(19)20-8-11-4-2-1-3-5-11/h1-5,12-13H,6-10H2/t12-,13+. The predicted octanol–water partition coefficient (Wildman–Crippen LogP) is 2.46. The summed E-state index contributed by atoms with van der Waals surface area (Å²) in [5.41, 5.74) is 0.958. The monoisotopic (exact) mass is 281 g/mol. The molecule has 5 heteroatoms. The third-order valence-electron chi connectivity index (χ3n) is 4.06. The molecule has 1 saturated carbocycles. The van der Waals surface area contributed by atoms with Crippen LogP contribution in [-0.4, -0.2) is 35.9 Å². The summed E-state index contributed by atoms with van der Waals surface area (Å²) in [4.78, 5) is 13.6. The van der Waals surface area contributed by atoms with E-state index in [4.69, 9.17) is 4.74 Å². The first-order valence-electron chi connectivity index (χ1n) is 6.86. The van der Waals surface area contributed by atoms with Crippen molar-refractivity contribution in [3.05, 3.63) is 35.9 Å². The van der Waals surface area contributed by atoms with E-state index in [1.807, 2.05) is 30.3 Å². The molecule has 1 aliphatic heterocycles. The SMILES string of the molecule is O=C(OCc1ccccc1)[C@H]1C[C@@H](N2CC(F)(F)C2)C1. The number of benzene rings is 1. The van der Waals surface area contributed by atoms with Gasteiger partial charge in [-0.25, -0.2) is 8.78 Å². The maximum absolute atomic E-state index is 12.7. The Labute approximate surface area is 116 Å². The molecule has 0 amide bonds. The van der Waals surface area contributed by atoms with Crippen LogP contribution in [0.5, 0.6) is 0 Å². The summed E-state index contributed by atoms with van der Waals surface area (Å²) in [6.45, 7) is -0.0461. The number of likely N-dealkylation sites (tertiary alicyclic amines) is 1. The normalized spacial score (nSPS) is 28.3. The summed E-state index contributed by atoms with van der Waals surface area (Å²) >= 11 is 0. The van der Waals surface area contributed by atoms with Crippen LogP contribution in [0, 0.1) is 5.92 Å². The summed E-state index contributed by atoms with van der Waals surface area (Å²) in [5, 5.41) is 0. The second kappa shape index (κ2) is 5.13. The molecule has 0 spiro atoms. The number of halogens is 2. The Morgan fingerprint density at radius 3 is 2.50 bits per heavy atom. The van der Waals surface area contributed by atoms with E-state index >= 15 is 0 Å². The van der Waals surface area contributed by atoms with Crippen molar-refractivity contribution < 1.29 is 18.3 Å². The molecule has 20 heavy (non-hydrogen) atoms. The highest BCUT2D eigenvalue weighted by Crippen LogP contribution is 2.39. The van der Waals surface area contributed by atoms with Gasteiger partial charge in [-0.3, -0.25) is 9.69 Å². The minimum absolute atomic E-state index is 0.127. The quantitative estimate of drug-likeness (QED) is 0.794. The molecule has 1 saturated heterocycles. The molecule has 0 aromatic heterocycles. The van der Waals surface area contributed by atoms with Crippen LogP contribution in [0.15, 0.2) is 30.3 Å². The lowest BCUT2D eigenvalue weighted by molar-refractivity contribution is -0.174. The maximum atomic E-state index is 12.7. The predicted molar refractivity (Wildman–Crippen MR) is 69.3 cm³/mol. The highest BCUT2D eigenvalue weighted by Gasteiger charge is 2.50. The first kappa shape index (κ1) is 13.5. The minimum Gasteiger partial charge on any atom is -0.461 e. The first-order valence-corrected chi connectivity index (χ1v) is 6.86. The average Bonchev–Trinajstić information content (AvgIpc) is 2.33. The Balaban J connectivity index is 1.38. The topological polar surface area (TPSA) is 29.5 Å². The van der Waals surface area contributed by atoms with E-state index in [-0.39, 0.29) is 37.6 Å². The van der Waals surface area contributed by atoms with Gasteiger partial charge in [-0.1, -0.05) is 30.3 Å². The van der Waals surface area contributed by atoms with Crippen molar-refractivity contribution in [2.24, 2.45) is 5.92 Å². The molecule has 0 radical (unpaired) electrons. The van der Waals surface area contributed by atoms with Gasteiger partial charge in [0.1, 0.15) is 6.61 Å². The number of rotatable bonds is 4. The summed E-state index contributed by atoms with van der Waals surface area (Å²) in [6.07, 6.45) is 1.29. The number of ether oxygens (including phenoxy) is 1. The molecule has 2 fully saturated rings. The Hall–Kier alpha value is -1.49. The zero-order valence-electron chi connectivity index (χ0n) is 11.1. The number of esters is 1. The largest absolute Gasteiger partial charge is 0.461 e. The number of nitrogens with zero attached hydrogens (tertiary/aromatic N) is 1. The Kier molecular flexibility index (Phi) is 3.46. The fourth-order valence-electron chi connectivity index (χ4n) is 2.73. The molecular formula is C15H17F2NO2. The lowest BCUT2D eigenvalue weighted by atomic mass is 9.78. The zero-order valence-corrected chi connectivity index (χ0v) is 11.1. The third-order valence-corrected chi connectivity index (χ3v) is 4.06. The van der Waals surface area contributed by atoms with Gasteiger partial charge >= 0.3 is 5.97 Å². The number of hydrogen-bond acceptors (Lipinski definition) is 3. The Morgan fingerprint density at radius 2 is 1.90 bits per heavy atom. The second-order valence-corrected chi connectivity index (χ2v) is 5.68. The van der Waals surface area contributed by atoms with Crippen LogP contribution in [-0.2, 0) is 16.1 Å². The van der Waals surface area contributed by atoms with Crippen LogP contribution >= 0.6 is 0 Å². The number of carbonyl (C=O) groups is 1. The molecule has 0 atom stereocenters. The molecular weight excluding hydrogens is 264 g/mol. The molecule has 0 unspecified atom stereocenters. The van der Waals surface area contributed by atoms with Crippen LogP contribution in [0.4, 0.5) is 8.78 Å². The van der Waals surface area contributed by atoms with E-state index in [1.165, 1.54) is 0 Å². The molecule has 0 bridgehead atoms. The second-order valence-electron chi connectivity index (χ2n) is 5.68. The average molecular weight is 281 g/mol. The van der Waals surface area contributed by atoms with E-state index < -0.39 is 5.92 Å². The van der Waals surface area contributed by atoms with Crippen molar-refractivity contribution >= 4 is 5.97 Å². The van der Waals surface area contributed by atoms with Crippen LogP contribution in [0.3, 0.4) is 0 Å². The maximum Gasteiger partial charge on any atom is 0.309 e. The Bertz CT molecular complexity index is 478. The highest BCUT2D eigenvalue weighted by molar-refractivity contribution is 5.73.